The van der Waals surface area contributed by atoms with Gasteiger partial charge in [-0.2, -0.15) is 0 Å². The molecule has 0 unspecified atom stereocenters. The number of halogens is 1. The SMILES string of the molecule is CO[C@@H]1C[C@H](C(=O)Nc2cc([C@@](CCC3CC3)(N[S@+]([O-])C(C)(C)C)c3ccnc(C)c3)ccc2F)N(C(=O)OC(C)(C)C)C1. The first-order valence-electron chi connectivity index (χ1n) is 15.3. The summed E-state index contributed by atoms with van der Waals surface area (Å²) in [6.45, 7) is 13.1. The zero-order valence-corrected chi connectivity index (χ0v) is 28.0. The van der Waals surface area contributed by atoms with Crippen LogP contribution in [0.5, 0.6) is 0 Å². The van der Waals surface area contributed by atoms with Crippen LogP contribution in [0.1, 0.15) is 90.5 Å². The van der Waals surface area contributed by atoms with Crippen LogP contribution >= 0.6 is 0 Å². The van der Waals surface area contributed by atoms with Crippen LogP contribution in [0.3, 0.4) is 0 Å². The molecular formula is C33H47FN4O5S. The van der Waals surface area contributed by atoms with E-state index in [0.717, 1.165) is 30.5 Å². The molecule has 2 aliphatic rings. The van der Waals surface area contributed by atoms with E-state index in [4.69, 9.17) is 9.47 Å². The van der Waals surface area contributed by atoms with Crippen molar-refractivity contribution in [1.29, 1.82) is 0 Å². The molecule has 44 heavy (non-hydrogen) atoms. The fourth-order valence-corrected chi connectivity index (χ4v) is 6.38. The molecule has 242 valence electrons. The quantitative estimate of drug-likeness (QED) is 0.311. The van der Waals surface area contributed by atoms with Crippen molar-refractivity contribution in [2.45, 2.75) is 109 Å². The van der Waals surface area contributed by atoms with Gasteiger partial charge in [-0.25, -0.2) is 9.18 Å². The highest BCUT2D eigenvalue weighted by Gasteiger charge is 2.45. The van der Waals surface area contributed by atoms with E-state index in [1.54, 1.807) is 39.1 Å². The summed E-state index contributed by atoms with van der Waals surface area (Å²) in [5.74, 6) is -0.580. The lowest BCUT2D eigenvalue weighted by Crippen LogP contribution is -2.52. The fourth-order valence-electron chi connectivity index (χ4n) is 5.42. The number of aromatic nitrogens is 1. The summed E-state index contributed by atoms with van der Waals surface area (Å²) in [6.07, 6.45) is 4.78. The molecule has 1 aliphatic heterocycles. The van der Waals surface area contributed by atoms with Crippen LogP contribution in [0.2, 0.25) is 0 Å². The number of carbonyl (C=O) groups is 2. The molecule has 1 aromatic carbocycles. The van der Waals surface area contributed by atoms with Crippen LogP contribution in [0.4, 0.5) is 14.9 Å². The Morgan fingerprint density at radius 2 is 1.80 bits per heavy atom. The van der Waals surface area contributed by atoms with Gasteiger partial charge in [-0.1, -0.05) is 18.9 Å². The molecule has 2 N–H and O–H groups in total. The van der Waals surface area contributed by atoms with Crippen molar-refractivity contribution >= 4 is 29.0 Å². The van der Waals surface area contributed by atoms with Crippen molar-refractivity contribution in [1.82, 2.24) is 14.6 Å². The van der Waals surface area contributed by atoms with Crippen LogP contribution < -0.4 is 10.0 Å². The maximum absolute atomic E-state index is 15.4. The fraction of sp³-hybridized carbons (Fsp3) is 0.606. The van der Waals surface area contributed by atoms with Gasteiger partial charge in [0.1, 0.15) is 27.7 Å². The van der Waals surface area contributed by atoms with Crippen LogP contribution in [-0.4, -0.2) is 62.6 Å². The van der Waals surface area contributed by atoms with Gasteiger partial charge in [0, 0.05) is 36.8 Å². The number of benzene rings is 1. The van der Waals surface area contributed by atoms with Gasteiger partial charge in [-0.05, 0) is 103 Å². The Morgan fingerprint density at radius 3 is 2.39 bits per heavy atom. The minimum absolute atomic E-state index is 0.0255. The van der Waals surface area contributed by atoms with Gasteiger partial charge >= 0.3 is 6.09 Å². The van der Waals surface area contributed by atoms with Crippen molar-refractivity contribution in [2.75, 3.05) is 19.0 Å². The normalized spacial score (nSPS) is 21.1. The second-order valence-electron chi connectivity index (χ2n) is 14.0. The third-order valence-electron chi connectivity index (χ3n) is 8.08. The first-order valence-corrected chi connectivity index (χ1v) is 16.4. The number of nitrogens with zero attached hydrogens (tertiary/aromatic N) is 2. The predicted molar refractivity (Wildman–Crippen MR) is 170 cm³/mol. The third kappa shape index (κ3) is 8.29. The highest BCUT2D eigenvalue weighted by atomic mass is 32.2. The van der Waals surface area contributed by atoms with E-state index in [1.165, 1.54) is 18.1 Å². The molecule has 4 atom stereocenters. The molecule has 1 saturated heterocycles. The van der Waals surface area contributed by atoms with Gasteiger partial charge in [-0.3, -0.25) is 14.7 Å². The molecule has 11 heteroatoms. The highest BCUT2D eigenvalue weighted by molar-refractivity contribution is 7.90. The average Bonchev–Trinajstić information content (AvgIpc) is 3.66. The molecule has 4 rings (SSSR count). The Hall–Kier alpha value is -2.73. The van der Waals surface area contributed by atoms with Gasteiger partial charge in [0.2, 0.25) is 5.91 Å². The van der Waals surface area contributed by atoms with Crippen LogP contribution in [0, 0.1) is 18.7 Å². The summed E-state index contributed by atoms with van der Waals surface area (Å²) < 4.78 is 43.0. The summed E-state index contributed by atoms with van der Waals surface area (Å²) in [6, 6.07) is 7.57. The van der Waals surface area contributed by atoms with Crippen molar-refractivity contribution in [3.05, 3.63) is 59.2 Å². The van der Waals surface area contributed by atoms with Crippen LogP contribution in [0.25, 0.3) is 0 Å². The minimum Gasteiger partial charge on any atom is -0.598 e. The first-order chi connectivity index (χ1) is 20.5. The summed E-state index contributed by atoms with van der Waals surface area (Å²) in [7, 11) is 1.53. The van der Waals surface area contributed by atoms with Crippen molar-refractivity contribution in [3.8, 4) is 0 Å². The van der Waals surface area contributed by atoms with E-state index in [1.807, 2.05) is 39.8 Å². The topological polar surface area (TPSA) is 116 Å². The number of hydrogen-bond acceptors (Lipinski definition) is 7. The van der Waals surface area contributed by atoms with E-state index in [2.05, 4.69) is 15.0 Å². The van der Waals surface area contributed by atoms with E-state index in [-0.39, 0.29) is 24.8 Å². The second kappa shape index (κ2) is 13.3. The molecule has 1 saturated carbocycles. The largest absolute Gasteiger partial charge is 0.598 e. The van der Waals surface area contributed by atoms with Crippen molar-refractivity contribution in [2.24, 2.45) is 5.92 Å². The Morgan fingerprint density at radius 1 is 1.11 bits per heavy atom. The molecule has 2 amide bonds. The van der Waals surface area contributed by atoms with Crippen molar-refractivity contribution in [3.63, 3.8) is 0 Å². The lowest BCUT2D eigenvalue weighted by Gasteiger charge is -2.39. The lowest BCUT2D eigenvalue weighted by atomic mass is 9.79. The number of pyridine rings is 1. The van der Waals surface area contributed by atoms with E-state index in [9.17, 15) is 14.1 Å². The van der Waals surface area contributed by atoms with Gasteiger partial charge in [0.15, 0.2) is 0 Å². The third-order valence-corrected chi connectivity index (χ3v) is 9.73. The number of ether oxygens (including phenoxy) is 2. The maximum Gasteiger partial charge on any atom is 0.411 e. The van der Waals surface area contributed by atoms with E-state index >= 15 is 4.39 Å². The number of aryl methyl sites for hydroxylation is 1. The average molecular weight is 631 g/mol. The molecule has 1 aliphatic carbocycles. The number of rotatable bonds is 10. The monoisotopic (exact) mass is 630 g/mol. The summed E-state index contributed by atoms with van der Waals surface area (Å²) in [5.41, 5.74) is 0.610. The molecule has 2 aromatic rings. The predicted octanol–water partition coefficient (Wildman–Crippen LogP) is 5.98. The minimum atomic E-state index is -1.48. The van der Waals surface area contributed by atoms with Crippen LogP contribution in [-0.2, 0) is 31.2 Å². The number of methoxy groups -OCH3 is 1. The highest BCUT2D eigenvalue weighted by Crippen LogP contribution is 2.43. The lowest BCUT2D eigenvalue weighted by molar-refractivity contribution is -0.120. The number of amides is 2. The van der Waals surface area contributed by atoms with Crippen LogP contribution in [0.15, 0.2) is 36.5 Å². The number of carbonyl (C=O) groups excluding carboxylic acids is 2. The number of anilines is 1. The molecule has 0 spiro atoms. The number of hydrogen-bond donors (Lipinski definition) is 2. The Bertz CT molecular complexity index is 1340. The van der Waals surface area contributed by atoms with E-state index < -0.39 is 51.1 Å². The smallest absolute Gasteiger partial charge is 0.411 e. The Kier molecular flexibility index (Phi) is 10.3. The Balaban J connectivity index is 1.73. The second-order valence-corrected chi connectivity index (χ2v) is 15.9. The molecular weight excluding hydrogens is 583 g/mol. The molecule has 1 aromatic heterocycles. The number of likely N-dealkylation sites (tertiary alicyclic amines) is 1. The summed E-state index contributed by atoms with van der Waals surface area (Å²) in [5, 5.41) is 2.75. The van der Waals surface area contributed by atoms with E-state index in [0.29, 0.717) is 17.9 Å². The van der Waals surface area contributed by atoms with Gasteiger partial charge in [0.05, 0.1) is 18.3 Å². The molecule has 2 fully saturated rings. The first kappa shape index (κ1) is 34.1. The molecule has 2 heterocycles. The standard InChI is InChI=1S/C33H47FN4O5S/c1-21-17-24(14-16-35-21)33(15-13-22-9-10-22,37-44(41)32(5,6)7)23-11-12-26(34)27(18-23)36-29(39)28-19-25(42-8)20-38(28)30(40)43-31(2,3)4/h11-12,14,16-18,22,25,28,37H,9-10,13,15,19-20H2,1-8H3,(H,36,39)/t25-,28-,33-,44-/m1/s1. The molecule has 9 nitrogen and oxygen atoms in total. The zero-order valence-electron chi connectivity index (χ0n) is 27.2. The molecule has 0 bridgehead atoms. The van der Waals surface area contributed by atoms with Crippen molar-refractivity contribution < 1.29 is 28.0 Å². The van der Waals surface area contributed by atoms with Gasteiger partial charge in [-0.15, -0.1) is 4.72 Å². The molecule has 0 radical (unpaired) electrons. The van der Waals surface area contributed by atoms with Gasteiger partial charge in [0.25, 0.3) is 0 Å². The van der Waals surface area contributed by atoms with Gasteiger partial charge < -0.3 is 19.3 Å². The zero-order chi connectivity index (χ0) is 32.4. The summed E-state index contributed by atoms with van der Waals surface area (Å²) in [4.78, 5) is 32.4. The Labute approximate surface area is 264 Å². The maximum atomic E-state index is 15.4. The summed E-state index contributed by atoms with van der Waals surface area (Å²) >= 11 is -1.48. The number of nitrogens with one attached hydrogen (secondary N) is 2.